The number of nitrogens with zero attached hydrogens (tertiary/aromatic N) is 1. The molecule has 0 amide bonds. The maximum absolute atomic E-state index is 13.5. The van der Waals surface area contributed by atoms with E-state index in [0.717, 1.165) is 0 Å². The number of aromatic nitrogens is 1. The van der Waals surface area contributed by atoms with Gasteiger partial charge in [-0.05, 0) is 30.3 Å². The molecular formula is C17H13F4NO2. The minimum Gasteiger partial charge on any atom is -0.490 e. The van der Waals surface area contributed by atoms with Crippen molar-refractivity contribution in [3.63, 3.8) is 0 Å². The fraction of sp³-hybridized carbons (Fsp3) is 0.294. The minimum atomic E-state index is -1.54. The van der Waals surface area contributed by atoms with Crippen LogP contribution in [0.4, 0.5) is 17.6 Å². The van der Waals surface area contributed by atoms with E-state index in [1.165, 1.54) is 30.3 Å². The van der Waals surface area contributed by atoms with Crippen molar-refractivity contribution in [1.29, 1.82) is 0 Å². The second-order valence-electron chi connectivity index (χ2n) is 5.63. The molecule has 2 heterocycles. The van der Waals surface area contributed by atoms with Gasteiger partial charge in [0, 0.05) is 11.1 Å². The van der Waals surface area contributed by atoms with Gasteiger partial charge in [0.05, 0.1) is 5.41 Å². The highest BCUT2D eigenvalue weighted by molar-refractivity contribution is 5.96. The molecule has 7 heteroatoms. The zero-order valence-electron chi connectivity index (χ0n) is 12.5. The van der Waals surface area contributed by atoms with Gasteiger partial charge in [0.25, 0.3) is 0 Å². The topological polar surface area (TPSA) is 39.2 Å². The Bertz CT molecular complexity index is 773. The molecule has 1 aliphatic heterocycles. The van der Waals surface area contributed by atoms with E-state index in [2.05, 4.69) is 4.98 Å². The number of hydrogen-bond acceptors (Lipinski definition) is 3. The summed E-state index contributed by atoms with van der Waals surface area (Å²) in [6.07, 6.45) is 0. The SMILES string of the molecule is O=C(CF)c1cc2c(c(-c3ccc(F)cc3)n1)OCC2(CF)CF. The summed E-state index contributed by atoms with van der Waals surface area (Å²) in [5.41, 5.74) is -1.12. The Morgan fingerprint density at radius 1 is 1.17 bits per heavy atom. The van der Waals surface area contributed by atoms with Gasteiger partial charge in [-0.15, -0.1) is 0 Å². The Kier molecular flexibility index (Phi) is 4.26. The molecule has 1 aromatic heterocycles. The first-order valence-corrected chi connectivity index (χ1v) is 7.20. The largest absolute Gasteiger partial charge is 0.490 e. The molecule has 24 heavy (non-hydrogen) atoms. The van der Waals surface area contributed by atoms with E-state index in [0.29, 0.717) is 5.56 Å². The highest BCUT2D eigenvalue weighted by atomic mass is 19.1. The van der Waals surface area contributed by atoms with Gasteiger partial charge >= 0.3 is 0 Å². The van der Waals surface area contributed by atoms with Crippen molar-refractivity contribution >= 4 is 5.78 Å². The predicted molar refractivity (Wildman–Crippen MR) is 79.1 cm³/mol. The standard InChI is InChI=1S/C17H13F4NO2/c18-6-14(23)13-5-12-16(24-9-17(12,7-19)8-20)15(22-13)10-1-3-11(21)4-2-10/h1-5H,6-9H2. The number of carbonyl (C=O) groups is 1. The first kappa shape index (κ1) is 16.4. The minimum absolute atomic E-state index is 0.132. The average molecular weight is 339 g/mol. The van der Waals surface area contributed by atoms with Gasteiger partial charge in [-0.2, -0.15) is 0 Å². The number of fused-ring (bicyclic) bond motifs is 1. The predicted octanol–water partition coefficient (Wildman–Crippen LogP) is 3.61. The van der Waals surface area contributed by atoms with Crippen LogP contribution in [-0.2, 0) is 5.41 Å². The van der Waals surface area contributed by atoms with E-state index in [1.54, 1.807) is 0 Å². The molecule has 1 aliphatic rings. The summed E-state index contributed by atoms with van der Waals surface area (Å²) in [6, 6.07) is 6.33. The van der Waals surface area contributed by atoms with Gasteiger partial charge in [0.15, 0.2) is 6.67 Å². The van der Waals surface area contributed by atoms with Crippen LogP contribution in [0.5, 0.6) is 5.75 Å². The van der Waals surface area contributed by atoms with Gasteiger partial charge in [-0.25, -0.2) is 22.5 Å². The summed E-state index contributed by atoms with van der Waals surface area (Å²) in [5, 5.41) is 0. The summed E-state index contributed by atoms with van der Waals surface area (Å²) in [7, 11) is 0. The highest BCUT2D eigenvalue weighted by Gasteiger charge is 2.44. The third-order valence-electron chi connectivity index (χ3n) is 4.07. The maximum Gasteiger partial charge on any atom is 0.212 e. The molecule has 0 radical (unpaired) electrons. The first-order valence-electron chi connectivity index (χ1n) is 7.20. The molecule has 2 aromatic rings. The number of Topliss-reactive ketones (excluding diaryl/α,β-unsaturated/α-hetero) is 1. The van der Waals surface area contributed by atoms with Gasteiger partial charge in [-0.3, -0.25) is 4.79 Å². The number of carbonyl (C=O) groups excluding carboxylic acids is 1. The summed E-state index contributed by atoms with van der Waals surface area (Å²) in [5.74, 6) is -1.25. The lowest BCUT2D eigenvalue weighted by molar-refractivity contribution is 0.0953. The van der Waals surface area contributed by atoms with Gasteiger partial charge in [0.2, 0.25) is 5.78 Å². The van der Waals surface area contributed by atoms with Crippen molar-refractivity contribution in [1.82, 2.24) is 4.98 Å². The smallest absolute Gasteiger partial charge is 0.212 e. The second-order valence-corrected chi connectivity index (χ2v) is 5.63. The van der Waals surface area contributed by atoms with Crippen LogP contribution >= 0.6 is 0 Å². The van der Waals surface area contributed by atoms with Crippen molar-refractivity contribution in [2.75, 3.05) is 26.6 Å². The van der Waals surface area contributed by atoms with E-state index in [4.69, 9.17) is 4.74 Å². The summed E-state index contributed by atoms with van der Waals surface area (Å²) >= 11 is 0. The van der Waals surface area contributed by atoms with Crippen LogP contribution in [0.15, 0.2) is 30.3 Å². The Morgan fingerprint density at radius 3 is 2.42 bits per heavy atom. The van der Waals surface area contributed by atoms with Crippen LogP contribution in [0, 0.1) is 5.82 Å². The lowest BCUT2D eigenvalue weighted by Gasteiger charge is -2.20. The van der Waals surface area contributed by atoms with Crippen molar-refractivity contribution in [3.05, 3.63) is 47.4 Å². The van der Waals surface area contributed by atoms with Crippen molar-refractivity contribution < 1.29 is 27.1 Å². The Morgan fingerprint density at radius 2 is 1.83 bits per heavy atom. The van der Waals surface area contributed by atoms with Gasteiger partial charge in [0.1, 0.15) is 42.9 Å². The van der Waals surface area contributed by atoms with E-state index in [-0.39, 0.29) is 29.3 Å². The number of pyridine rings is 1. The number of rotatable bonds is 5. The van der Waals surface area contributed by atoms with Crippen LogP contribution in [0.2, 0.25) is 0 Å². The number of alkyl halides is 3. The first-order chi connectivity index (χ1) is 11.5. The third kappa shape index (κ3) is 2.53. The fourth-order valence-corrected chi connectivity index (χ4v) is 2.63. The van der Waals surface area contributed by atoms with Crippen LogP contribution in [0.25, 0.3) is 11.3 Å². The van der Waals surface area contributed by atoms with Crippen LogP contribution in [0.1, 0.15) is 16.1 Å². The number of ether oxygens (including phenoxy) is 1. The monoisotopic (exact) mass is 339 g/mol. The number of halogens is 4. The van der Waals surface area contributed by atoms with Crippen molar-refractivity contribution in [2.45, 2.75) is 5.41 Å². The normalized spacial score (nSPS) is 15.0. The molecule has 0 saturated heterocycles. The zero-order chi connectivity index (χ0) is 17.3. The lowest BCUT2D eigenvalue weighted by atomic mass is 9.84. The van der Waals surface area contributed by atoms with Crippen LogP contribution < -0.4 is 4.74 Å². The molecule has 0 unspecified atom stereocenters. The second kappa shape index (κ2) is 6.22. The van der Waals surface area contributed by atoms with E-state index in [1.807, 2.05) is 0 Å². The number of benzene rings is 1. The molecule has 0 atom stereocenters. The van der Waals surface area contributed by atoms with E-state index in [9.17, 15) is 22.4 Å². The summed E-state index contributed by atoms with van der Waals surface area (Å²) < 4.78 is 58.3. The molecule has 1 aromatic carbocycles. The van der Waals surface area contributed by atoms with Gasteiger partial charge in [-0.1, -0.05) is 0 Å². The molecule has 3 rings (SSSR count). The molecule has 0 N–H and O–H groups in total. The zero-order valence-corrected chi connectivity index (χ0v) is 12.5. The summed E-state index contributed by atoms with van der Waals surface area (Å²) in [4.78, 5) is 15.8. The third-order valence-corrected chi connectivity index (χ3v) is 4.07. The lowest BCUT2D eigenvalue weighted by Crippen LogP contribution is -2.33. The molecule has 0 saturated carbocycles. The Balaban J connectivity index is 2.24. The van der Waals surface area contributed by atoms with E-state index < -0.39 is 37.0 Å². The van der Waals surface area contributed by atoms with Gasteiger partial charge < -0.3 is 4.74 Å². The molecule has 3 nitrogen and oxygen atoms in total. The van der Waals surface area contributed by atoms with Crippen molar-refractivity contribution in [2.24, 2.45) is 0 Å². The number of ketones is 1. The molecule has 0 fully saturated rings. The van der Waals surface area contributed by atoms with Crippen LogP contribution in [0.3, 0.4) is 0 Å². The quantitative estimate of drug-likeness (QED) is 0.617. The number of hydrogen-bond donors (Lipinski definition) is 0. The fourth-order valence-electron chi connectivity index (χ4n) is 2.63. The maximum atomic E-state index is 13.5. The van der Waals surface area contributed by atoms with Crippen LogP contribution in [-0.4, -0.2) is 37.4 Å². The summed E-state index contributed by atoms with van der Waals surface area (Å²) in [6.45, 7) is -3.61. The molecule has 0 spiro atoms. The molecule has 0 aliphatic carbocycles. The Labute approximate surface area is 135 Å². The highest BCUT2D eigenvalue weighted by Crippen LogP contribution is 2.45. The van der Waals surface area contributed by atoms with E-state index >= 15 is 0 Å². The molecule has 0 bridgehead atoms. The molecule has 126 valence electrons. The molecular weight excluding hydrogens is 326 g/mol. The Hall–Kier alpha value is -2.44. The average Bonchev–Trinajstić information content (AvgIpc) is 3.00. The van der Waals surface area contributed by atoms with Crippen molar-refractivity contribution in [3.8, 4) is 17.0 Å².